The highest BCUT2D eigenvalue weighted by Crippen LogP contribution is 2.43. The lowest BCUT2D eigenvalue weighted by atomic mass is 9.67. The molecule has 4 atom stereocenters. The number of carbonyl (C=O) groups is 4. The highest BCUT2D eigenvalue weighted by Gasteiger charge is 2.41. The van der Waals surface area contributed by atoms with Gasteiger partial charge >= 0.3 is 0 Å². The van der Waals surface area contributed by atoms with E-state index < -0.39 is 21.7 Å². The van der Waals surface area contributed by atoms with Crippen LogP contribution >= 0.6 is 0 Å². The van der Waals surface area contributed by atoms with Crippen LogP contribution in [0.3, 0.4) is 0 Å². The minimum atomic E-state index is -0.742. The second-order valence-corrected chi connectivity index (χ2v) is 14.3. The maximum Gasteiger partial charge on any atom is 0.143 e. The molecule has 0 rings (SSSR count). The van der Waals surface area contributed by atoms with Gasteiger partial charge in [0.2, 0.25) is 0 Å². The van der Waals surface area contributed by atoms with Gasteiger partial charge in [-0.3, -0.25) is 19.2 Å². The van der Waals surface area contributed by atoms with E-state index in [1.54, 1.807) is 12.2 Å². The number of carbonyl (C=O) groups excluding carboxylic acids is 4. The molecule has 4 heteroatoms. The van der Waals surface area contributed by atoms with Crippen LogP contribution in [-0.4, -0.2) is 23.1 Å². The molecular formula is C42H64O4. The van der Waals surface area contributed by atoms with Crippen LogP contribution in [0.1, 0.15) is 132 Å². The summed E-state index contributed by atoms with van der Waals surface area (Å²) in [5.41, 5.74) is 0.309. The second kappa shape index (κ2) is 18.9. The third-order valence-corrected chi connectivity index (χ3v) is 10.9. The molecule has 0 aliphatic heterocycles. The molecule has 0 N–H and O–H groups in total. The molecule has 0 spiro atoms. The first kappa shape index (κ1) is 42.9. The smallest absolute Gasteiger partial charge is 0.143 e. The SMILES string of the molecule is C=CCCC(=O)C(C)(CCC(C)(C(=C)C)C(=O)CC/C=C/CCC(=O)C(C)(CCC(C)(C(=C)C)C(=O)CCC=C)C(=C)C)C(=C)C. The number of Topliss-reactive ketones (excluding diaryl/α,β-unsaturated/α-hetero) is 4. The lowest BCUT2D eigenvalue weighted by Crippen LogP contribution is -2.35. The molecule has 0 aromatic carbocycles. The van der Waals surface area contributed by atoms with E-state index in [-0.39, 0.29) is 23.1 Å². The lowest BCUT2D eigenvalue weighted by molar-refractivity contribution is -0.129. The molecule has 0 amide bonds. The van der Waals surface area contributed by atoms with Crippen molar-refractivity contribution in [3.63, 3.8) is 0 Å². The van der Waals surface area contributed by atoms with Crippen molar-refractivity contribution in [1.82, 2.24) is 0 Å². The van der Waals surface area contributed by atoms with Crippen LogP contribution in [0.2, 0.25) is 0 Å². The summed E-state index contributed by atoms with van der Waals surface area (Å²) in [5.74, 6) is 0.444. The molecule has 0 fully saturated rings. The van der Waals surface area contributed by atoms with Crippen molar-refractivity contribution in [2.45, 2.75) is 132 Å². The average Bonchev–Trinajstić information content (AvgIpc) is 3.00. The molecule has 0 heterocycles. The zero-order chi connectivity index (χ0) is 35.9. The van der Waals surface area contributed by atoms with Crippen LogP contribution in [0, 0.1) is 21.7 Å². The molecule has 0 saturated carbocycles. The molecule has 4 unspecified atom stereocenters. The molecule has 4 nitrogen and oxygen atoms in total. The van der Waals surface area contributed by atoms with Gasteiger partial charge in [-0.05, 0) is 107 Å². The van der Waals surface area contributed by atoms with Gasteiger partial charge in [0.15, 0.2) is 0 Å². The van der Waals surface area contributed by atoms with Gasteiger partial charge in [-0.1, -0.05) is 72.9 Å². The summed E-state index contributed by atoms with van der Waals surface area (Å²) < 4.78 is 0. The fraction of sp³-hybridized carbons (Fsp3) is 0.571. The Morgan fingerprint density at radius 2 is 0.630 bits per heavy atom. The predicted octanol–water partition coefficient (Wildman–Crippen LogP) is 11.2. The van der Waals surface area contributed by atoms with Crippen molar-refractivity contribution in [2.24, 2.45) is 21.7 Å². The minimum Gasteiger partial charge on any atom is -0.299 e. The fourth-order valence-corrected chi connectivity index (χ4v) is 5.60. The van der Waals surface area contributed by atoms with E-state index in [4.69, 9.17) is 0 Å². The first-order valence-electron chi connectivity index (χ1n) is 16.8. The molecule has 0 radical (unpaired) electrons. The maximum atomic E-state index is 13.5. The Hall–Kier alpha value is -3.14. The summed E-state index contributed by atoms with van der Waals surface area (Å²) in [6, 6.07) is 0. The fourth-order valence-electron chi connectivity index (χ4n) is 5.60. The normalized spacial score (nSPS) is 16.6. The van der Waals surface area contributed by atoms with Crippen molar-refractivity contribution in [1.29, 1.82) is 0 Å². The Bertz CT molecular complexity index is 1130. The van der Waals surface area contributed by atoms with E-state index in [1.807, 2.05) is 67.5 Å². The summed E-state index contributed by atoms with van der Waals surface area (Å²) in [6.45, 7) is 39.1. The third-order valence-electron chi connectivity index (χ3n) is 10.9. The van der Waals surface area contributed by atoms with E-state index in [1.165, 1.54) is 0 Å². The zero-order valence-electron chi connectivity index (χ0n) is 30.7. The first-order chi connectivity index (χ1) is 21.2. The number of allylic oxidation sites excluding steroid dienone is 8. The third kappa shape index (κ3) is 11.3. The molecule has 0 aromatic heterocycles. The van der Waals surface area contributed by atoms with Gasteiger partial charge in [0.25, 0.3) is 0 Å². The van der Waals surface area contributed by atoms with Crippen LogP contribution in [-0.2, 0) is 19.2 Å². The Kier molecular flexibility index (Phi) is 17.6. The number of hydrogen-bond donors (Lipinski definition) is 0. The minimum absolute atomic E-state index is 0.0985. The maximum absolute atomic E-state index is 13.5. The van der Waals surface area contributed by atoms with Crippen molar-refractivity contribution in [3.8, 4) is 0 Å². The van der Waals surface area contributed by atoms with Gasteiger partial charge in [-0.2, -0.15) is 0 Å². The summed E-state index contributed by atoms with van der Waals surface area (Å²) in [4.78, 5) is 53.0. The standard InChI is InChI=1S/C42H64O4/c1-15-17-23-35(43)39(11,31(3)4)27-29-41(13,33(7)8)37(45)25-21-19-20-22-26-38(46)42(14,34(9)10)30-28-40(12,32(5)6)36(44)24-18-16-2/h15-16,19-20H,1-3,5,7,9,17-18,21-30H2,4,6,8,10-14H3/b20-19+. The van der Waals surface area contributed by atoms with Gasteiger partial charge in [-0.15, -0.1) is 13.2 Å². The van der Waals surface area contributed by atoms with Crippen molar-refractivity contribution in [2.75, 3.05) is 0 Å². The zero-order valence-corrected chi connectivity index (χ0v) is 30.7. The first-order valence-corrected chi connectivity index (χ1v) is 16.8. The molecule has 0 aromatic rings. The number of rotatable bonds is 26. The molecule has 46 heavy (non-hydrogen) atoms. The van der Waals surface area contributed by atoms with E-state index >= 15 is 0 Å². The Balaban J connectivity index is 5.36. The lowest BCUT2D eigenvalue weighted by Gasteiger charge is -2.35. The molecule has 0 bridgehead atoms. The number of hydrogen-bond acceptors (Lipinski definition) is 4. The largest absolute Gasteiger partial charge is 0.299 e. The highest BCUT2D eigenvalue weighted by atomic mass is 16.1. The average molecular weight is 633 g/mol. The van der Waals surface area contributed by atoms with Crippen molar-refractivity contribution >= 4 is 23.1 Å². The highest BCUT2D eigenvalue weighted by molar-refractivity contribution is 5.90. The van der Waals surface area contributed by atoms with Crippen molar-refractivity contribution < 1.29 is 19.2 Å². The predicted molar refractivity (Wildman–Crippen MR) is 197 cm³/mol. The van der Waals surface area contributed by atoms with E-state index in [0.29, 0.717) is 77.0 Å². The van der Waals surface area contributed by atoms with Gasteiger partial charge in [-0.25, -0.2) is 0 Å². The molecule has 0 aliphatic carbocycles. The van der Waals surface area contributed by atoms with Gasteiger partial charge < -0.3 is 0 Å². The molecule has 0 saturated heterocycles. The van der Waals surface area contributed by atoms with Crippen LogP contribution in [0.5, 0.6) is 0 Å². The van der Waals surface area contributed by atoms with Gasteiger partial charge in [0.1, 0.15) is 23.1 Å². The summed E-state index contributed by atoms with van der Waals surface area (Å²) in [7, 11) is 0. The van der Waals surface area contributed by atoms with E-state index in [9.17, 15) is 19.2 Å². The second-order valence-electron chi connectivity index (χ2n) is 14.3. The van der Waals surface area contributed by atoms with E-state index in [2.05, 4.69) is 39.5 Å². The summed E-state index contributed by atoms with van der Waals surface area (Å²) in [5, 5.41) is 0. The van der Waals surface area contributed by atoms with Crippen molar-refractivity contribution in [3.05, 3.63) is 86.1 Å². The Morgan fingerprint density at radius 1 is 0.435 bits per heavy atom. The Morgan fingerprint density at radius 3 is 0.804 bits per heavy atom. The van der Waals surface area contributed by atoms with E-state index in [0.717, 1.165) is 22.3 Å². The molecule has 256 valence electrons. The molecular weight excluding hydrogens is 568 g/mol. The van der Waals surface area contributed by atoms with Gasteiger partial charge in [0.05, 0.1) is 0 Å². The number of ketones is 4. The van der Waals surface area contributed by atoms with Crippen LogP contribution in [0.25, 0.3) is 0 Å². The summed E-state index contributed by atoms with van der Waals surface area (Å²) >= 11 is 0. The topological polar surface area (TPSA) is 68.3 Å². The van der Waals surface area contributed by atoms with Crippen LogP contribution in [0.4, 0.5) is 0 Å². The molecule has 0 aliphatic rings. The Labute approximate surface area is 282 Å². The van der Waals surface area contributed by atoms with Crippen LogP contribution < -0.4 is 0 Å². The van der Waals surface area contributed by atoms with Gasteiger partial charge in [0, 0.05) is 47.3 Å². The van der Waals surface area contributed by atoms with Crippen LogP contribution in [0.15, 0.2) is 86.1 Å². The monoisotopic (exact) mass is 632 g/mol. The summed E-state index contributed by atoms with van der Waals surface area (Å²) in [6.07, 6.45) is 13.4. The quantitative estimate of drug-likeness (QED) is 0.0890.